The molecule has 0 aromatic heterocycles. The molecule has 0 aliphatic carbocycles. The van der Waals surface area contributed by atoms with E-state index in [1.54, 1.807) is 0 Å². The van der Waals surface area contributed by atoms with Crippen LogP contribution < -0.4 is 4.74 Å². The smallest absolute Gasteiger partial charge is 0.299 e. The molecule has 0 spiro atoms. The highest BCUT2D eigenvalue weighted by atomic mass is 28.4. The Hall–Kier alpha value is -2.07. The van der Waals surface area contributed by atoms with E-state index in [9.17, 15) is 4.79 Å². The molecule has 0 aliphatic heterocycles. The van der Waals surface area contributed by atoms with Crippen molar-refractivity contribution in [2.75, 3.05) is 0 Å². The third-order valence-corrected chi connectivity index (χ3v) is 3.91. The van der Waals surface area contributed by atoms with Crippen LogP contribution in [0.2, 0.25) is 19.6 Å². The fourth-order valence-electron chi connectivity index (χ4n) is 2.00. The highest BCUT2D eigenvalue weighted by Gasteiger charge is 2.25. The fraction of sp³-hybridized carbons (Fsp3) is 0.278. The van der Waals surface area contributed by atoms with Crippen molar-refractivity contribution in [3.05, 3.63) is 60.2 Å². The van der Waals surface area contributed by atoms with Crippen LogP contribution in [0.25, 0.3) is 0 Å². The summed E-state index contributed by atoms with van der Waals surface area (Å²) in [7, 11) is -1.87. The lowest BCUT2D eigenvalue weighted by Crippen LogP contribution is -2.31. The van der Waals surface area contributed by atoms with E-state index in [-0.39, 0.29) is 11.9 Å². The minimum Gasteiger partial charge on any atom is -0.519 e. The van der Waals surface area contributed by atoms with Crippen molar-refractivity contribution in [1.82, 2.24) is 0 Å². The zero-order valence-corrected chi connectivity index (χ0v) is 14.5. The average molecular weight is 314 g/mol. The second-order valence-corrected chi connectivity index (χ2v) is 10.7. The van der Waals surface area contributed by atoms with Gasteiger partial charge in [-0.25, -0.2) is 0 Å². The van der Waals surface area contributed by atoms with Crippen molar-refractivity contribution < 1.29 is 14.0 Å². The van der Waals surface area contributed by atoms with Crippen LogP contribution in [-0.4, -0.2) is 14.3 Å². The first-order valence-electron chi connectivity index (χ1n) is 7.41. The lowest BCUT2D eigenvalue weighted by molar-refractivity contribution is -0.136. The van der Waals surface area contributed by atoms with Gasteiger partial charge in [-0.2, -0.15) is 0 Å². The van der Waals surface area contributed by atoms with Crippen LogP contribution in [0.5, 0.6) is 11.5 Å². The average Bonchev–Trinajstić information content (AvgIpc) is 2.46. The van der Waals surface area contributed by atoms with E-state index in [2.05, 4.69) is 0 Å². The molecular weight excluding hydrogens is 292 g/mol. The molecule has 0 bridgehead atoms. The van der Waals surface area contributed by atoms with E-state index in [4.69, 9.17) is 9.16 Å². The molecular formula is C18H22O3Si. The van der Waals surface area contributed by atoms with E-state index >= 15 is 0 Å². The topological polar surface area (TPSA) is 35.5 Å². The molecule has 0 saturated carbocycles. The summed E-state index contributed by atoms with van der Waals surface area (Å²) < 4.78 is 11.4. The van der Waals surface area contributed by atoms with Gasteiger partial charge < -0.3 is 9.16 Å². The van der Waals surface area contributed by atoms with Crippen LogP contribution in [0.15, 0.2) is 54.6 Å². The van der Waals surface area contributed by atoms with Gasteiger partial charge in [0, 0.05) is 0 Å². The van der Waals surface area contributed by atoms with Crippen molar-refractivity contribution in [3.8, 4) is 11.5 Å². The number of carbonyl (C=O) groups excluding carboxylic acids is 1. The summed E-state index contributed by atoms with van der Waals surface area (Å²) in [6.07, 6.45) is 0. The number of ether oxygens (including phenoxy) is 1. The molecule has 0 aliphatic rings. The van der Waals surface area contributed by atoms with Gasteiger partial charge in [0.2, 0.25) is 8.32 Å². The molecule has 22 heavy (non-hydrogen) atoms. The number of hydrogen-bond acceptors (Lipinski definition) is 3. The van der Waals surface area contributed by atoms with Crippen molar-refractivity contribution in [3.63, 3.8) is 0 Å². The summed E-state index contributed by atoms with van der Waals surface area (Å²) in [5.74, 6) is 1.02. The molecule has 0 amide bonds. The summed E-state index contributed by atoms with van der Waals surface area (Å²) in [4.78, 5) is 12.2. The van der Waals surface area contributed by atoms with Gasteiger partial charge in [-0.05, 0) is 56.4 Å². The number of para-hydroxylation sites is 1. The van der Waals surface area contributed by atoms with Crippen LogP contribution in [0.4, 0.5) is 0 Å². The molecule has 2 aromatic rings. The number of benzene rings is 2. The Labute approximate surface area is 133 Å². The first-order chi connectivity index (χ1) is 10.3. The summed E-state index contributed by atoms with van der Waals surface area (Å²) >= 11 is 0. The number of hydrogen-bond donors (Lipinski definition) is 0. The largest absolute Gasteiger partial charge is 0.519 e. The molecule has 0 unspecified atom stereocenters. The molecule has 2 aromatic carbocycles. The minimum atomic E-state index is -1.87. The van der Waals surface area contributed by atoms with E-state index in [0.29, 0.717) is 0 Å². The highest BCUT2D eigenvalue weighted by Crippen LogP contribution is 2.26. The van der Waals surface area contributed by atoms with Gasteiger partial charge in [0.25, 0.3) is 5.97 Å². The van der Waals surface area contributed by atoms with Gasteiger partial charge in [-0.3, -0.25) is 4.79 Å². The van der Waals surface area contributed by atoms with Crippen LogP contribution in [0.3, 0.4) is 0 Å². The summed E-state index contributed by atoms with van der Waals surface area (Å²) in [5.41, 5.74) is 0.900. The first kappa shape index (κ1) is 16.3. The second-order valence-electron chi connectivity index (χ2n) is 6.24. The quantitative estimate of drug-likeness (QED) is 0.732. The summed E-state index contributed by atoms with van der Waals surface area (Å²) in [5, 5.41) is 0. The van der Waals surface area contributed by atoms with Crippen LogP contribution in [0.1, 0.15) is 18.4 Å². The molecule has 0 heterocycles. The van der Waals surface area contributed by atoms with E-state index in [0.717, 1.165) is 17.1 Å². The Morgan fingerprint density at radius 1 is 0.955 bits per heavy atom. The van der Waals surface area contributed by atoms with Crippen LogP contribution >= 0.6 is 0 Å². The van der Waals surface area contributed by atoms with Gasteiger partial charge in [-0.1, -0.05) is 30.3 Å². The fourth-order valence-corrected chi connectivity index (χ4v) is 2.78. The maximum atomic E-state index is 12.2. The van der Waals surface area contributed by atoms with Gasteiger partial charge in [0.15, 0.2) is 0 Å². The molecule has 0 fully saturated rings. The van der Waals surface area contributed by atoms with Gasteiger partial charge >= 0.3 is 0 Å². The lowest BCUT2D eigenvalue weighted by Gasteiger charge is -2.21. The van der Waals surface area contributed by atoms with Crippen molar-refractivity contribution in [1.29, 1.82) is 0 Å². The monoisotopic (exact) mass is 314 g/mol. The van der Waals surface area contributed by atoms with Gasteiger partial charge in [0.05, 0.1) is 5.92 Å². The van der Waals surface area contributed by atoms with Crippen molar-refractivity contribution in [2.24, 2.45) is 0 Å². The Kier molecular flexibility index (Phi) is 5.03. The van der Waals surface area contributed by atoms with E-state index < -0.39 is 8.32 Å². The Balaban J connectivity index is 2.12. The van der Waals surface area contributed by atoms with Crippen LogP contribution in [-0.2, 0) is 9.22 Å². The minimum absolute atomic E-state index is 0.170. The molecule has 4 heteroatoms. The highest BCUT2D eigenvalue weighted by molar-refractivity contribution is 6.71. The van der Waals surface area contributed by atoms with Crippen molar-refractivity contribution >= 4 is 14.3 Å². The standard InChI is InChI=1S/C18H22O3Si/c1-14(18(19)21-22(2,3)4)15-9-8-12-17(13-15)20-16-10-6-5-7-11-16/h5-14H,1-4H3/t14-/m1/s1. The molecule has 3 nitrogen and oxygen atoms in total. The van der Waals surface area contributed by atoms with Gasteiger partial charge in [0.1, 0.15) is 11.5 Å². The van der Waals surface area contributed by atoms with Crippen LogP contribution in [0, 0.1) is 0 Å². The summed E-state index contributed by atoms with van der Waals surface area (Å²) in [6.45, 7) is 7.88. The number of carbonyl (C=O) groups is 1. The van der Waals surface area contributed by atoms with Gasteiger partial charge in [-0.15, -0.1) is 0 Å². The maximum Gasteiger partial charge on any atom is 0.299 e. The predicted molar refractivity (Wildman–Crippen MR) is 90.8 cm³/mol. The van der Waals surface area contributed by atoms with E-state index in [1.165, 1.54) is 0 Å². The Morgan fingerprint density at radius 3 is 2.23 bits per heavy atom. The second kappa shape index (κ2) is 6.79. The normalized spacial score (nSPS) is 12.5. The Morgan fingerprint density at radius 2 is 1.59 bits per heavy atom. The molecule has 0 N–H and O–H groups in total. The zero-order valence-electron chi connectivity index (χ0n) is 13.5. The lowest BCUT2D eigenvalue weighted by atomic mass is 10.0. The Bertz CT molecular complexity index is 632. The molecule has 1 atom stereocenters. The zero-order chi connectivity index (χ0) is 16.2. The maximum absolute atomic E-state index is 12.2. The SMILES string of the molecule is C[C@@H](C(=O)O[Si](C)(C)C)c1cccc(Oc2ccccc2)c1. The van der Waals surface area contributed by atoms with E-state index in [1.807, 2.05) is 81.2 Å². The third kappa shape index (κ3) is 4.74. The first-order valence-corrected chi connectivity index (χ1v) is 10.8. The summed E-state index contributed by atoms with van der Waals surface area (Å²) in [6, 6.07) is 17.2. The molecule has 116 valence electrons. The third-order valence-electron chi connectivity index (χ3n) is 3.10. The number of rotatable bonds is 5. The molecule has 0 radical (unpaired) electrons. The molecule has 0 saturated heterocycles. The van der Waals surface area contributed by atoms with Crippen molar-refractivity contribution in [2.45, 2.75) is 32.5 Å². The predicted octanol–water partition coefficient (Wildman–Crippen LogP) is 4.96. The molecule has 2 rings (SSSR count).